The molecule has 0 bridgehead atoms. The number of nitrogens with zero attached hydrogens (tertiary/aromatic N) is 1. The van der Waals surface area contributed by atoms with Crippen LogP contribution in [0, 0.1) is 0 Å². The average Bonchev–Trinajstić information content (AvgIpc) is 2.38. The maximum Gasteiger partial charge on any atom is 0.251 e. The largest absolute Gasteiger partial charge is 0.348 e. The summed E-state index contributed by atoms with van der Waals surface area (Å²) in [6, 6.07) is 7.16. The Labute approximate surface area is 119 Å². The smallest absolute Gasteiger partial charge is 0.251 e. The molecule has 0 spiro atoms. The van der Waals surface area contributed by atoms with Gasteiger partial charge in [-0.25, -0.2) is 0 Å². The van der Waals surface area contributed by atoms with Crippen LogP contribution in [0.15, 0.2) is 24.3 Å². The summed E-state index contributed by atoms with van der Waals surface area (Å²) in [5.41, 5.74) is 1.32. The Morgan fingerprint density at radius 2 is 1.95 bits per heavy atom. The van der Waals surface area contributed by atoms with Gasteiger partial charge in [-0.3, -0.25) is 9.59 Å². The van der Waals surface area contributed by atoms with Crippen molar-refractivity contribution in [2.45, 2.75) is 25.8 Å². The number of anilines is 1. The molecule has 2 amide bonds. The zero-order valence-electron chi connectivity index (χ0n) is 12.0. The second-order valence-electron chi connectivity index (χ2n) is 5.33. The average molecular weight is 275 g/mol. The number of benzene rings is 1. The molecule has 1 aliphatic rings. The van der Waals surface area contributed by atoms with Crippen LogP contribution in [-0.2, 0) is 4.79 Å². The van der Waals surface area contributed by atoms with Crippen molar-refractivity contribution >= 4 is 17.5 Å². The van der Waals surface area contributed by atoms with Gasteiger partial charge in [0.2, 0.25) is 5.91 Å². The van der Waals surface area contributed by atoms with Gasteiger partial charge in [-0.15, -0.1) is 0 Å². The lowest BCUT2D eigenvalue weighted by molar-refractivity contribution is -0.114. The van der Waals surface area contributed by atoms with Crippen molar-refractivity contribution in [2.24, 2.45) is 0 Å². The van der Waals surface area contributed by atoms with Crippen molar-refractivity contribution in [3.05, 3.63) is 29.8 Å². The van der Waals surface area contributed by atoms with Gasteiger partial charge < -0.3 is 15.5 Å². The van der Waals surface area contributed by atoms with Gasteiger partial charge in [0, 0.05) is 30.8 Å². The van der Waals surface area contributed by atoms with E-state index in [4.69, 9.17) is 0 Å². The second kappa shape index (κ2) is 6.52. The van der Waals surface area contributed by atoms with Crippen LogP contribution in [0.4, 0.5) is 5.69 Å². The maximum atomic E-state index is 12.1. The molecule has 0 aromatic heterocycles. The van der Waals surface area contributed by atoms with E-state index in [0.29, 0.717) is 11.3 Å². The Morgan fingerprint density at radius 1 is 1.25 bits per heavy atom. The Bertz CT molecular complexity index is 484. The van der Waals surface area contributed by atoms with Gasteiger partial charge in [0.25, 0.3) is 5.91 Å². The van der Waals surface area contributed by atoms with Gasteiger partial charge in [-0.2, -0.15) is 0 Å². The quantitative estimate of drug-likeness (QED) is 0.878. The zero-order valence-corrected chi connectivity index (χ0v) is 12.0. The van der Waals surface area contributed by atoms with Crippen LogP contribution in [0.3, 0.4) is 0 Å². The number of hydrogen-bond acceptors (Lipinski definition) is 3. The molecule has 1 aromatic rings. The summed E-state index contributed by atoms with van der Waals surface area (Å²) in [5, 5.41) is 5.74. The highest BCUT2D eigenvalue weighted by Gasteiger charge is 2.19. The molecule has 1 heterocycles. The van der Waals surface area contributed by atoms with Gasteiger partial charge in [0.15, 0.2) is 0 Å². The minimum Gasteiger partial charge on any atom is -0.348 e. The van der Waals surface area contributed by atoms with Crippen molar-refractivity contribution in [2.75, 3.05) is 25.5 Å². The minimum atomic E-state index is -0.118. The molecule has 5 heteroatoms. The number of likely N-dealkylation sites (N-methyl/N-ethyl adjacent to an activating group) is 1. The van der Waals surface area contributed by atoms with E-state index in [2.05, 4.69) is 22.6 Å². The highest BCUT2D eigenvalue weighted by Crippen LogP contribution is 2.12. The lowest BCUT2D eigenvalue weighted by atomic mass is 10.1. The van der Waals surface area contributed by atoms with Gasteiger partial charge >= 0.3 is 0 Å². The number of nitrogens with one attached hydrogen (secondary N) is 2. The Kier molecular flexibility index (Phi) is 4.74. The number of hydrogen-bond donors (Lipinski definition) is 2. The first-order chi connectivity index (χ1) is 9.54. The normalized spacial score (nSPS) is 19.4. The van der Waals surface area contributed by atoms with E-state index < -0.39 is 0 Å². The highest BCUT2D eigenvalue weighted by molar-refractivity contribution is 5.95. The maximum absolute atomic E-state index is 12.1. The number of carbonyl (C=O) groups excluding carboxylic acids is 2. The molecule has 1 unspecified atom stereocenters. The molecule has 0 aliphatic carbocycles. The molecular weight excluding hydrogens is 254 g/mol. The fourth-order valence-electron chi connectivity index (χ4n) is 2.46. The highest BCUT2D eigenvalue weighted by atomic mass is 16.2. The van der Waals surface area contributed by atoms with Gasteiger partial charge in [0.05, 0.1) is 0 Å². The second-order valence-corrected chi connectivity index (χ2v) is 5.33. The standard InChI is InChI=1S/C15H21N3O2/c1-11(19)16-13-7-5-12(6-8-13)15(20)17-14-4-3-9-18(2)10-14/h5-8,14H,3-4,9-10H2,1-2H3,(H,16,19)(H,17,20). The van der Waals surface area contributed by atoms with E-state index in [1.165, 1.54) is 6.92 Å². The summed E-state index contributed by atoms with van der Waals surface area (Å²) < 4.78 is 0. The molecule has 1 atom stereocenters. The molecule has 1 fully saturated rings. The van der Waals surface area contributed by atoms with Gasteiger partial charge in [0.1, 0.15) is 0 Å². The number of carbonyl (C=O) groups is 2. The minimum absolute atomic E-state index is 0.0559. The fraction of sp³-hybridized carbons (Fsp3) is 0.467. The third-order valence-electron chi connectivity index (χ3n) is 3.43. The Balaban J connectivity index is 1.93. The van der Waals surface area contributed by atoms with Gasteiger partial charge in [-0.1, -0.05) is 0 Å². The molecule has 108 valence electrons. The van der Waals surface area contributed by atoms with Crippen LogP contribution in [-0.4, -0.2) is 42.9 Å². The van der Waals surface area contributed by atoms with Crippen LogP contribution >= 0.6 is 0 Å². The van der Waals surface area contributed by atoms with Crippen LogP contribution in [0.5, 0.6) is 0 Å². The third kappa shape index (κ3) is 4.06. The molecule has 20 heavy (non-hydrogen) atoms. The van der Waals surface area contributed by atoms with Crippen molar-refractivity contribution in [1.82, 2.24) is 10.2 Å². The first-order valence-corrected chi connectivity index (χ1v) is 6.91. The predicted molar refractivity (Wildman–Crippen MR) is 78.7 cm³/mol. The lowest BCUT2D eigenvalue weighted by Crippen LogP contribution is -2.46. The third-order valence-corrected chi connectivity index (χ3v) is 3.43. The summed E-state index contributed by atoms with van der Waals surface area (Å²) in [5.74, 6) is -0.174. The fourth-order valence-corrected chi connectivity index (χ4v) is 2.46. The first-order valence-electron chi connectivity index (χ1n) is 6.91. The number of piperidine rings is 1. The molecule has 0 radical (unpaired) electrons. The molecule has 2 rings (SSSR count). The van der Waals surface area contributed by atoms with Crippen LogP contribution in [0.2, 0.25) is 0 Å². The molecule has 2 N–H and O–H groups in total. The van der Waals surface area contributed by atoms with E-state index in [0.717, 1.165) is 25.9 Å². The number of rotatable bonds is 3. The van der Waals surface area contributed by atoms with E-state index in [1.807, 2.05) is 0 Å². The van der Waals surface area contributed by atoms with E-state index in [-0.39, 0.29) is 17.9 Å². The van der Waals surface area contributed by atoms with Crippen molar-refractivity contribution in [1.29, 1.82) is 0 Å². The summed E-state index contributed by atoms with van der Waals surface area (Å²) >= 11 is 0. The van der Waals surface area contributed by atoms with E-state index >= 15 is 0 Å². The summed E-state index contributed by atoms with van der Waals surface area (Å²) in [6.07, 6.45) is 2.14. The van der Waals surface area contributed by atoms with Gasteiger partial charge in [-0.05, 0) is 50.7 Å². The first kappa shape index (κ1) is 14.5. The molecule has 1 aromatic carbocycles. The van der Waals surface area contributed by atoms with E-state index in [1.54, 1.807) is 24.3 Å². The summed E-state index contributed by atoms with van der Waals surface area (Å²) in [7, 11) is 2.07. The SMILES string of the molecule is CC(=O)Nc1ccc(C(=O)NC2CCCN(C)C2)cc1. The molecule has 1 aliphatic heterocycles. The van der Waals surface area contributed by atoms with Crippen molar-refractivity contribution in [3.63, 3.8) is 0 Å². The lowest BCUT2D eigenvalue weighted by Gasteiger charge is -2.30. The van der Waals surface area contributed by atoms with E-state index in [9.17, 15) is 9.59 Å². The Hall–Kier alpha value is -1.88. The predicted octanol–water partition coefficient (Wildman–Crippen LogP) is 1.47. The molecule has 5 nitrogen and oxygen atoms in total. The monoisotopic (exact) mass is 275 g/mol. The summed E-state index contributed by atoms with van der Waals surface area (Å²) in [6.45, 7) is 3.45. The number of likely N-dealkylation sites (tertiary alicyclic amines) is 1. The van der Waals surface area contributed by atoms with Crippen molar-refractivity contribution < 1.29 is 9.59 Å². The zero-order chi connectivity index (χ0) is 14.5. The van der Waals surface area contributed by atoms with Crippen LogP contribution in [0.25, 0.3) is 0 Å². The molecule has 1 saturated heterocycles. The van der Waals surface area contributed by atoms with Crippen LogP contribution < -0.4 is 10.6 Å². The van der Waals surface area contributed by atoms with Crippen LogP contribution in [0.1, 0.15) is 30.1 Å². The van der Waals surface area contributed by atoms with Crippen molar-refractivity contribution in [3.8, 4) is 0 Å². The molecule has 0 saturated carbocycles. The summed E-state index contributed by atoms with van der Waals surface area (Å²) in [4.78, 5) is 25.3. The molecular formula is C15H21N3O2. The number of amides is 2. The topological polar surface area (TPSA) is 61.4 Å². The Morgan fingerprint density at radius 3 is 2.55 bits per heavy atom.